The largest absolute Gasteiger partial charge is 0.486 e. The lowest BCUT2D eigenvalue weighted by Gasteiger charge is -2.19. The molecule has 2 aromatic rings. The smallest absolute Gasteiger partial charge is 0.185 e. The molecule has 2 heterocycles. The molecule has 4 nitrogen and oxygen atoms in total. The van der Waals surface area contributed by atoms with Crippen molar-refractivity contribution in [3.05, 3.63) is 43.7 Å². The maximum absolute atomic E-state index is 12.5. The van der Waals surface area contributed by atoms with Crippen LogP contribution in [0, 0.1) is 14.2 Å². The molecule has 0 saturated heterocycles. The molecule has 6 heteroatoms. The molecule has 1 aromatic carbocycles. The first-order valence-electron chi connectivity index (χ1n) is 6.26. The number of halogens is 1. The maximum atomic E-state index is 12.5. The molecule has 0 spiro atoms. The van der Waals surface area contributed by atoms with E-state index in [1.54, 1.807) is 29.6 Å². The molecule has 0 saturated carbocycles. The molecule has 0 bridgehead atoms. The first-order valence-corrected chi connectivity index (χ1v) is 8.22. The fourth-order valence-electron chi connectivity index (χ4n) is 2.13. The molecule has 106 valence electrons. The van der Waals surface area contributed by atoms with Gasteiger partial charge >= 0.3 is 0 Å². The van der Waals surface area contributed by atoms with Crippen molar-refractivity contribution in [3.8, 4) is 17.6 Å². The Labute approximate surface area is 139 Å². The minimum atomic E-state index is -0.828. The fourth-order valence-corrected chi connectivity index (χ4v) is 3.47. The van der Waals surface area contributed by atoms with Crippen molar-refractivity contribution in [1.82, 2.24) is 0 Å². The van der Waals surface area contributed by atoms with Crippen molar-refractivity contribution in [2.24, 2.45) is 0 Å². The summed E-state index contributed by atoms with van der Waals surface area (Å²) in [6.45, 7) is 0.991. The van der Waals surface area contributed by atoms with Crippen molar-refractivity contribution in [3.63, 3.8) is 0 Å². The average Bonchev–Trinajstić information content (AvgIpc) is 2.94. The lowest BCUT2D eigenvalue weighted by molar-refractivity contribution is 0.0979. The van der Waals surface area contributed by atoms with E-state index in [1.807, 2.05) is 0 Å². The highest BCUT2D eigenvalue weighted by Gasteiger charge is 2.24. The third kappa shape index (κ3) is 2.89. The van der Waals surface area contributed by atoms with E-state index in [9.17, 15) is 10.1 Å². The molecule has 1 atom stereocenters. The van der Waals surface area contributed by atoms with Gasteiger partial charge in [0.2, 0.25) is 0 Å². The Hall–Kier alpha value is -1.59. The van der Waals surface area contributed by atoms with Gasteiger partial charge in [-0.3, -0.25) is 4.79 Å². The summed E-state index contributed by atoms with van der Waals surface area (Å²) in [5.74, 6) is 0.227. The van der Waals surface area contributed by atoms with Crippen LogP contribution >= 0.6 is 33.9 Å². The normalized spacial score (nSPS) is 14.3. The van der Waals surface area contributed by atoms with Gasteiger partial charge in [0, 0.05) is 10.9 Å². The van der Waals surface area contributed by atoms with Crippen LogP contribution in [0.25, 0.3) is 0 Å². The van der Waals surface area contributed by atoms with E-state index in [0.29, 0.717) is 35.8 Å². The number of nitriles is 1. The van der Waals surface area contributed by atoms with E-state index in [-0.39, 0.29) is 5.78 Å². The van der Waals surface area contributed by atoms with E-state index < -0.39 is 5.92 Å². The van der Waals surface area contributed by atoms with Crippen LogP contribution in [-0.2, 0) is 0 Å². The predicted molar refractivity (Wildman–Crippen MR) is 87.2 cm³/mol. The van der Waals surface area contributed by atoms with Crippen LogP contribution in [0.2, 0.25) is 0 Å². The molecule has 0 N–H and O–H groups in total. The monoisotopic (exact) mass is 411 g/mol. The number of hydrogen-bond acceptors (Lipinski definition) is 5. The number of carbonyl (C=O) groups is 1. The number of ether oxygens (including phenoxy) is 2. The number of nitrogens with zero attached hydrogens (tertiary/aromatic N) is 1. The van der Waals surface area contributed by atoms with Gasteiger partial charge < -0.3 is 9.47 Å². The van der Waals surface area contributed by atoms with Gasteiger partial charge in [-0.1, -0.05) is 6.07 Å². The summed E-state index contributed by atoms with van der Waals surface area (Å²) in [5, 5.41) is 11.2. The zero-order chi connectivity index (χ0) is 14.8. The molecular weight excluding hydrogens is 401 g/mol. The molecule has 1 aliphatic rings. The van der Waals surface area contributed by atoms with E-state index in [4.69, 9.17) is 9.47 Å². The zero-order valence-electron chi connectivity index (χ0n) is 10.8. The van der Waals surface area contributed by atoms with E-state index in [2.05, 4.69) is 28.7 Å². The highest BCUT2D eigenvalue weighted by Crippen LogP contribution is 2.34. The highest BCUT2D eigenvalue weighted by atomic mass is 127. The minimum absolute atomic E-state index is 0.187. The summed E-state index contributed by atoms with van der Waals surface area (Å²) in [6, 6.07) is 9.11. The average molecular weight is 411 g/mol. The molecule has 0 fully saturated rings. The van der Waals surface area contributed by atoms with Crippen LogP contribution in [0.5, 0.6) is 11.5 Å². The lowest BCUT2D eigenvalue weighted by atomic mass is 9.93. The second-order valence-corrected chi connectivity index (χ2v) is 7.27. The Morgan fingerprint density at radius 2 is 2.05 bits per heavy atom. The number of hydrogen-bond donors (Lipinski definition) is 0. The molecule has 3 rings (SSSR count). The Morgan fingerprint density at radius 1 is 1.29 bits per heavy atom. The summed E-state index contributed by atoms with van der Waals surface area (Å²) in [6.07, 6.45) is 0. The van der Waals surface area contributed by atoms with Crippen molar-refractivity contribution in [2.45, 2.75) is 5.92 Å². The third-order valence-electron chi connectivity index (χ3n) is 3.14. The van der Waals surface area contributed by atoms with Gasteiger partial charge in [-0.2, -0.15) is 5.26 Å². The van der Waals surface area contributed by atoms with Crippen LogP contribution in [-0.4, -0.2) is 19.0 Å². The van der Waals surface area contributed by atoms with Gasteiger partial charge in [0.1, 0.15) is 19.1 Å². The number of thiophene rings is 1. The Bertz CT molecular complexity index is 735. The molecule has 21 heavy (non-hydrogen) atoms. The number of fused-ring (bicyclic) bond motifs is 1. The van der Waals surface area contributed by atoms with Gasteiger partial charge in [0.25, 0.3) is 0 Å². The number of ketones is 1. The topological polar surface area (TPSA) is 59.3 Å². The quantitative estimate of drug-likeness (QED) is 0.572. The first kappa shape index (κ1) is 14.4. The van der Waals surface area contributed by atoms with Crippen molar-refractivity contribution in [2.75, 3.05) is 13.2 Å². The predicted octanol–water partition coefficient (Wildman–Crippen LogP) is 3.61. The molecule has 0 aliphatic carbocycles. The second-order valence-electron chi connectivity index (χ2n) is 4.47. The minimum Gasteiger partial charge on any atom is -0.486 e. The van der Waals surface area contributed by atoms with Gasteiger partial charge in [-0.15, -0.1) is 11.3 Å². The molecular formula is C15H10INO3S. The zero-order valence-corrected chi connectivity index (χ0v) is 13.8. The molecule has 1 aliphatic heterocycles. The van der Waals surface area contributed by atoms with Crippen molar-refractivity contribution in [1.29, 1.82) is 5.26 Å². The van der Waals surface area contributed by atoms with E-state index >= 15 is 0 Å². The number of carbonyl (C=O) groups excluding carboxylic acids is 1. The van der Waals surface area contributed by atoms with Crippen LogP contribution < -0.4 is 9.47 Å². The Kier molecular flexibility index (Phi) is 4.12. The van der Waals surface area contributed by atoms with Crippen molar-refractivity contribution >= 4 is 39.7 Å². The van der Waals surface area contributed by atoms with Gasteiger partial charge in [-0.05, 0) is 46.4 Å². The molecule has 1 aromatic heterocycles. The summed E-state index contributed by atoms with van der Waals surface area (Å²) in [4.78, 5) is 12.5. The third-order valence-corrected chi connectivity index (χ3v) is 4.93. The number of benzene rings is 1. The molecule has 0 radical (unpaired) electrons. The van der Waals surface area contributed by atoms with Crippen LogP contribution in [0.4, 0.5) is 0 Å². The Morgan fingerprint density at radius 3 is 2.71 bits per heavy atom. The van der Waals surface area contributed by atoms with E-state index in [1.165, 1.54) is 11.3 Å². The standard InChI is InChI=1S/C15H10INO3S/c16-14-6-10(8-21-14)15(18)11(7-17)9-1-2-12-13(5-9)20-4-3-19-12/h1-2,5-6,8,11H,3-4H2. The fraction of sp³-hybridized carbons (Fsp3) is 0.200. The maximum Gasteiger partial charge on any atom is 0.185 e. The lowest BCUT2D eigenvalue weighted by Crippen LogP contribution is -2.16. The second kappa shape index (κ2) is 6.03. The molecule has 1 unspecified atom stereocenters. The van der Waals surface area contributed by atoms with Gasteiger partial charge in [-0.25, -0.2) is 0 Å². The SMILES string of the molecule is N#CC(C(=O)c1csc(I)c1)c1ccc2c(c1)OCCO2. The van der Waals surface area contributed by atoms with Crippen LogP contribution in [0.3, 0.4) is 0 Å². The van der Waals surface area contributed by atoms with Crippen molar-refractivity contribution < 1.29 is 14.3 Å². The van der Waals surface area contributed by atoms with Crippen LogP contribution in [0.1, 0.15) is 21.8 Å². The Balaban J connectivity index is 1.93. The highest BCUT2D eigenvalue weighted by molar-refractivity contribution is 14.1. The van der Waals surface area contributed by atoms with Gasteiger partial charge in [0.05, 0.1) is 8.95 Å². The summed E-state index contributed by atoms with van der Waals surface area (Å²) >= 11 is 3.65. The van der Waals surface area contributed by atoms with E-state index in [0.717, 1.165) is 2.88 Å². The first-order chi connectivity index (χ1) is 10.2. The van der Waals surface area contributed by atoms with Gasteiger partial charge in [0.15, 0.2) is 17.3 Å². The summed E-state index contributed by atoms with van der Waals surface area (Å²) < 4.78 is 12.0. The summed E-state index contributed by atoms with van der Waals surface area (Å²) in [7, 11) is 0. The molecule has 0 amide bonds. The number of Topliss-reactive ketones (excluding diaryl/α,β-unsaturated/α-hetero) is 1. The summed E-state index contributed by atoms with van der Waals surface area (Å²) in [5.41, 5.74) is 1.21. The number of rotatable bonds is 3. The van der Waals surface area contributed by atoms with Crippen LogP contribution in [0.15, 0.2) is 29.6 Å².